The average molecular weight is 277 g/mol. The van der Waals surface area contributed by atoms with Crippen molar-refractivity contribution in [3.05, 3.63) is 18.4 Å². The van der Waals surface area contributed by atoms with Gasteiger partial charge in [-0.25, -0.2) is 0 Å². The Balaban J connectivity index is 1.62. The van der Waals surface area contributed by atoms with E-state index < -0.39 is 0 Å². The molecule has 0 atom stereocenters. The summed E-state index contributed by atoms with van der Waals surface area (Å²) in [5, 5.41) is 21.2. The number of aromatic nitrogens is 4. The molecule has 8 nitrogen and oxygen atoms in total. The quantitative estimate of drug-likeness (QED) is 0.842. The number of amides is 1. The Labute approximate surface area is 115 Å². The molecule has 3 rings (SSSR count). The van der Waals surface area contributed by atoms with Gasteiger partial charge in [-0.1, -0.05) is 0 Å². The molecule has 2 aromatic heterocycles. The van der Waals surface area contributed by atoms with Gasteiger partial charge in [0.1, 0.15) is 6.54 Å². The molecular formula is C12H15N5O3. The van der Waals surface area contributed by atoms with E-state index in [-0.39, 0.29) is 18.6 Å². The second-order valence-corrected chi connectivity index (χ2v) is 4.73. The fourth-order valence-electron chi connectivity index (χ4n) is 2.15. The summed E-state index contributed by atoms with van der Waals surface area (Å²) in [6.07, 6.45) is 2.47. The topological polar surface area (TPSA) is 97.3 Å². The Kier molecular flexibility index (Phi) is 3.46. The first kappa shape index (κ1) is 12.8. The number of aliphatic hydroxyl groups is 1. The first-order chi connectivity index (χ1) is 9.72. The number of hydrogen-bond acceptors (Lipinski definition) is 6. The highest BCUT2D eigenvalue weighted by atomic mass is 16.3. The third kappa shape index (κ3) is 2.69. The standard InChI is InChI=1S/C12H15N5O3/c18-9-3-5-16(6-4-9)11(19)8-17-14-12(13-15-17)10-2-1-7-20-10/h1-2,7,9,18H,3-6,8H2. The predicted octanol–water partition coefficient (Wildman–Crippen LogP) is -0.0836. The van der Waals surface area contributed by atoms with E-state index in [1.54, 1.807) is 17.0 Å². The maximum absolute atomic E-state index is 12.1. The smallest absolute Gasteiger partial charge is 0.246 e. The van der Waals surface area contributed by atoms with Crippen molar-refractivity contribution in [2.75, 3.05) is 13.1 Å². The zero-order valence-corrected chi connectivity index (χ0v) is 10.8. The lowest BCUT2D eigenvalue weighted by Crippen LogP contribution is -2.41. The fraction of sp³-hybridized carbons (Fsp3) is 0.500. The molecule has 0 aliphatic carbocycles. The van der Waals surface area contributed by atoms with Gasteiger partial charge < -0.3 is 14.4 Å². The van der Waals surface area contributed by atoms with Crippen molar-refractivity contribution in [1.82, 2.24) is 25.1 Å². The van der Waals surface area contributed by atoms with Crippen LogP contribution in [0.5, 0.6) is 0 Å². The minimum Gasteiger partial charge on any atom is -0.461 e. The van der Waals surface area contributed by atoms with Gasteiger partial charge in [0.25, 0.3) is 0 Å². The number of tetrazole rings is 1. The van der Waals surface area contributed by atoms with Gasteiger partial charge >= 0.3 is 0 Å². The molecule has 20 heavy (non-hydrogen) atoms. The molecule has 8 heteroatoms. The number of piperidine rings is 1. The minimum atomic E-state index is -0.297. The van der Waals surface area contributed by atoms with Crippen molar-refractivity contribution in [3.8, 4) is 11.6 Å². The number of furan rings is 1. The van der Waals surface area contributed by atoms with E-state index >= 15 is 0 Å². The number of aliphatic hydroxyl groups excluding tert-OH is 1. The number of carbonyl (C=O) groups excluding carboxylic acids is 1. The summed E-state index contributed by atoms with van der Waals surface area (Å²) in [7, 11) is 0. The Morgan fingerprint density at radius 1 is 1.45 bits per heavy atom. The van der Waals surface area contributed by atoms with Gasteiger partial charge in [0.2, 0.25) is 11.7 Å². The van der Waals surface area contributed by atoms with E-state index in [9.17, 15) is 9.90 Å². The van der Waals surface area contributed by atoms with Crippen molar-refractivity contribution in [2.24, 2.45) is 0 Å². The van der Waals surface area contributed by atoms with E-state index in [0.717, 1.165) is 0 Å². The zero-order valence-electron chi connectivity index (χ0n) is 10.8. The van der Waals surface area contributed by atoms with E-state index in [1.807, 2.05) is 0 Å². The minimum absolute atomic E-state index is 0.0454. The molecule has 1 N–H and O–H groups in total. The first-order valence-electron chi connectivity index (χ1n) is 6.50. The molecule has 106 valence electrons. The van der Waals surface area contributed by atoms with E-state index in [0.29, 0.717) is 37.5 Å². The summed E-state index contributed by atoms with van der Waals surface area (Å²) in [6.45, 7) is 1.18. The highest BCUT2D eigenvalue weighted by molar-refractivity contribution is 5.75. The number of hydrogen-bond donors (Lipinski definition) is 1. The molecule has 0 bridgehead atoms. The van der Waals surface area contributed by atoms with Crippen molar-refractivity contribution in [2.45, 2.75) is 25.5 Å². The Bertz CT molecular complexity index is 572. The molecule has 0 unspecified atom stereocenters. The monoisotopic (exact) mass is 277 g/mol. The zero-order chi connectivity index (χ0) is 13.9. The summed E-state index contributed by atoms with van der Waals surface area (Å²) in [6, 6.07) is 3.47. The molecule has 1 amide bonds. The van der Waals surface area contributed by atoms with Crippen LogP contribution in [0.1, 0.15) is 12.8 Å². The molecule has 1 aliphatic rings. The van der Waals surface area contributed by atoms with Gasteiger partial charge in [0.05, 0.1) is 12.4 Å². The fourth-order valence-corrected chi connectivity index (χ4v) is 2.15. The van der Waals surface area contributed by atoms with Crippen LogP contribution >= 0.6 is 0 Å². The number of carbonyl (C=O) groups is 1. The predicted molar refractivity (Wildman–Crippen MR) is 67.3 cm³/mol. The summed E-state index contributed by atoms with van der Waals surface area (Å²) in [4.78, 5) is 15.0. The van der Waals surface area contributed by atoms with Gasteiger partial charge in [0.15, 0.2) is 5.76 Å². The Morgan fingerprint density at radius 3 is 2.95 bits per heavy atom. The molecule has 1 aliphatic heterocycles. The highest BCUT2D eigenvalue weighted by Crippen LogP contribution is 2.13. The lowest BCUT2D eigenvalue weighted by molar-refractivity contribution is -0.134. The van der Waals surface area contributed by atoms with E-state index in [1.165, 1.54) is 11.1 Å². The molecule has 1 saturated heterocycles. The van der Waals surface area contributed by atoms with Crippen LogP contribution < -0.4 is 0 Å². The van der Waals surface area contributed by atoms with Crippen LogP contribution in [0.3, 0.4) is 0 Å². The van der Waals surface area contributed by atoms with Crippen molar-refractivity contribution in [3.63, 3.8) is 0 Å². The average Bonchev–Trinajstić information content (AvgIpc) is 3.09. The first-order valence-corrected chi connectivity index (χ1v) is 6.50. The molecule has 2 aromatic rings. The van der Waals surface area contributed by atoms with Crippen LogP contribution in [0.15, 0.2) is 22.8 Å². The van der Waals surface area contributed by atoms with Crippen LogP contribution in [0.2, 0.25) is 0 Å². The SMILES string of the molecule is O=C(Cn1nnc(-c2ccco2)n1)N1CCC(O)CC1. The third-order valence-electron chi connectivity index (χ3n) is 3.29. The molecule has 3 heterocycles. The maximum Gasteiger partial charge on any atom is 0.246 e. The molecule has 0 spiro atoms. The number of nitrogens with zero attached hydrogens (tertiary/aromatic N) is 5. The highest BCUT2D eigenvalue weighted by Gasteiger charge is 2.22. The summed E-state index contributed by atoms with van der Waals surface area (Å²) in [5.41, 5.74) is 0. The Hall–Kier alpha value is -2.22. The Morgan fingerprint density at radius 2 is 2.25 bits per heavy atom. The maximum atomic E-state index is 12.1. The van der Waals surface area contributed by atoms with Gasteiger partial charge in [-0.2, -0.15) is 4.80 Å². The summed E-state index contributed by atoms with van der Waals surface area (Å²) in [5.74, 6) is 0.807. The van der Waals surface area contributed by atoms with Crippen molar-refractivity contribution in [1.29, 1.82) is 0 Å². The van der Waals surface area contributed by atoms with Gasteiger partial charge in [-0.3, -0.25) is 4.79 Å². The summed E-state index contributed by atoms with van der Waals surface area (Å²) >= 11 is 0. The van der Waals surface area contributed by atoms with Crippen LogP contribution in [0.4, 0.5) is 0 Å². The largest absolute Gasteiger partial charge is 0.461 e. The van der Waals surface area contributed by atoms with Crippen LogP contribution in [0.25, 0.3) is 11.6 Å². The molecular weight excluding hydrogens is 262 g/mol. The van der Waals surface area contributed by atoms with Crippen LogP contribution in [-0.2, 0) is 11.3 Å². The van der Waals surface area contributed by atoms with Crippen molar-refractivity contribution >= 4 is 5.91 Å². The lowest BCUT2D eigenvalue weighted by Gasteiger charge is -2.29. The van der Waals surface area contributed by atoms with Gasteiger partial charge in [0, 0.05) is 13.1 Å². The molecule has 1 fully saturated rings. The number of likely N-dealkylation sites (tertiary alicyclic amines) is 1. The molecule has 0 aromatic carbocycles. The van der Waals surface area contributed by atoms with Gasteiger partial charge in [-0.15, -0.1) is 10.2 Å². The molecule has 0 saturated carbocycles. The lowest BCUT2D eigenvalue weighted by atomic mass is 10.1. The van der Waals surface area contributed by atoms with Crippen molar-refractivity contribution < 1.29 is 14.3 Å². The normalized spacial score (nSPS) is 16.6. The van der Waals surface area contributed by atoms with Crippen LogP contribution in [0, 0.1) is 0 Å². The molecule has 0 radical (unpaired) electrons. The second-order valence-electron chi connectivity index (χ2n) is 4.73. The number of rotatable bonds is 3. The van der Waals surface area contributed by atoms with E-state index in [4.69, 9.17) is 4.42 Å². The van der Waals surface area contributed by atoms with Crippen LogP contribution in [-0.4, -0.2) is 55.3 Å². The van der Waals surface area contributed by atoms with Gasteiger partial charge in [-0.05, 0) is 30.2 Å². The third-order valence-corrected chi connectivity index (χ3v) is 3.29. The van der Waals surface area contributed by atoms with E-state index in [2.05, 4.69) is 15.4 Å². The second kappa shape index (κ2) is 5.41. The summed E-state index contributed by atoms with van der Waals surface area (Å²) < 4.78 is 5.16.